The third kappa shape index (κ3) is 1.98. The zero-order chi connectivity index (χ0) is 12.9. The first kappa shape index (κ1) is 12.2. The molecule has 3 rings (SSSR count). The number of aryl methyl sites for hydroxylation is 3. The number of nitrogens with zero attached hydrogens (tertiary/aromatic N) is 1. The monoisotopic (exact) mass is 245 g/mol. The molecule has 0 unspecified atom stereocenters. The van der Waals surface area contributed by atoms with E-state index in [4.69, 9.17) is 0 Å². The number of rotatable bonds is 2. The highest BCUT2D eigenvalue weighted by molar-refractivity contribution is 5.37. The zero-order valence-electron chi connectivity index (χ0n) is 11.6. The molecule has 1 aromatic rings. The molecule has 1 N–H and O–H groups in total. The first-order valence-corrected chi connectivity index (χ1v) is 7.01. The van der Waals surface area contributed by atoms with Gasteiger partial charge >= 0.3 is 0 Å². The molecule has 0 radical (unpaired) electrons. The van der Waals surface area contributed by atoms with Gasteiger partial charge in [0.25, 0.3) is 0 Å². The normalized spacial score (nSPS) is 31.2. The van der Waals surface area contributed by atoms with Crippen LogP contribution >= 0.6 is 0 Å². The fraction of sp³-hybridized carbons (Fsp3) is 0.625. The van der Waals surface area contributed by atoms with Crippen LogP contribution in [0.4, 0.5) is 0 Å². The molecule has 98 valence electrons. The van der Waals surface area contributed by atoms with Gasteiger partial charge in [0, 0.05) is 25.6 Å². The Morgan fingerprint density at radius 2 is 1.83 bits per heavy atom. The van der Waals surface area contributed by atoms with Crippen LogP contribution in [0.25, 0.3) is 0 Å². The maximum absolute atomic E-state index is 9.72. The number of hydrogen-bond acceptors (Lipinski definition) is 2. The summed E-state index contributed by atoms with van der Waals surface area (Å²) in [6, 6.07) is 4.56. The standard InChI is InChI=1S/C16H23NO/c1-10-4-11(2)14(12(3)5-10)8-17-7-13-6-16(18)15(13)9-17/h4-5,13,15-16,18H,6-9H2,1-3H3/t13-,15+,16+/m1/s1. The van der Waals surface area contributed by atoms with Crippen molar-refractivity contribution in [1.29, 1.82) is 0 Å². The van der Waals surface area contributed by atoms with Crippen molar-refractivity contribution in [1.82, 2.24) is 4.90 Å². The van der Waals surface area contributed by atoms with Gasteiger partial charge in [0.1, 0.15) is 0 Å². The Morgan fingerprint density at radius 1 is 1.17 bits per heavy atom. The minimum Gasteiger partial charge on any atom is -0.393 e. The van der Waals surface area contributed by atoms with E-state index in [1.54, 1.807) is 0 Å². The van der Waals surface area contributed by atoms with Crippen LogP contribution < -0.4 is 0 Å². The smallest absolute Gasteiger partial charge is 0.0587 e. The van der Waals surface area contributed by atoms with Crippen molar-refractivity contribution in [2.45, 2.75) is 39.8 Å². The van der Waals surface area contributed by atoms with Gasteiger partial charge in [0.15, 0.2) is 0 Å². The fourth-order valence-electron chi connectivity index (χ4n) is 3.78. The van der Waals surface area contributed by atoms with E-state index in [1.807, 2.05) is 0 Å². The topological polar surface area (TPSA) is 23.5 Å². The number of likely N-dealkylation sites (tertiary alicyclic amines) is 1. The lowest BCUT2D eigenvalue weighted by molar-refractivity contribution is -0.00435. The molecule has 2 aliphatic rings. The molecule has 1 aromatic carbocycles. The van der Waals surface area contributed by atoms with Gasteiger partial charge in [-0.3, -0.25) is 4.90 Å². The maximum atomic E-state index is 9.72. The molecule has 1 aliphatic heterocycles. The summed E-state index contributed by atoms with van der Waals surface area (Å²) in [5.41, 5.74) is 5.65. The Morgan fingerprint density at radius 3 is 2.39 bits per heavy atom. The minimum atomic E-state index is -0.0276. The van der Waals surface area contributed by atoms with E-state index in [1.165, 1.54) is 28.8 Å². The molecule has 2 nitrogen and oxygen atoms in total. The lowest BCUT2D eigenvalue weighted by atomic mass is 9.74. The molecule has 0 aromatic heterocycles. The summed E-state index contributed by atoms with van der Waals surface area (Å²) in [7, 11) is 0. The highest BCUT2D eigenvalue weighted by Crippen LogP contribution is 2.41. The summed E-state index contributed by atoms with van der Waals surface area (Å²) in [5.74, 6) is 1.31. The average molecular weight is 245 g/mol. The van der Waals surface area contributed by atoms with Crippen LogP contribution in [0.1, 0.15) is 28.7 Å². The van der Waals surface area contributed by atoms with Gasteiger partial charge < -0.3 is 5.11 Å². The molecule has 0 spiro atoms. The molecule has 2 fully saturated rings. The highest BCUT2D eigenvalue weighted by atomic mass is 16.3. The van der Waals surface area contributed by atoms with Crippen LogP contribution in [0.5, 0.6) is 0 Å². The van der Waals surface area contributed by atoms with Crippen LogP contribution in [0.15, 0.2) is 12.1 Å². The predicted molar refractivity (Wildman–Crippen MR) is 73.5 cm³/mol. The van der Waals surface area contributed by atoms with Crippen molar-refractivity contribution in [2.75, 3.05) is 13.1 Å². The fourth-order valence-corrected chi connectivity index (χ4v) is 3.78. The van der Waals surface area contributed by atoms with Gasteiger partial charge in [-0.05, 0) is 49.8 Å². The number of hydrogen-bond donors (Lipinski definition) is 1. The van der Waals surface area contributed by atoms with Gasteiger partial charge in [-0.15, -0.1) is 0 Å². The largest absolute Gasteiger partial charge is 0.393 e. The van der Waals surface area contributed by atoms with E-state index in [9.17, 15) is 5.11 Å². The molecule has 2 heteroatoms. The number of aliphatic hydroxyl groups excluding tert-OH is 1. The number of benzene rings is 1. The van der Waals surface area contributed by atoms with Crippen LogP contribution in [-0.4, -0.2) is 29.2 Å². The third-order valence-electron chi connectivity index (χ3n) is 4.83. The molecule has 1 saturated carbocycles. The Bertz CT molecular complexity index is 445. The molecule has 1 saturated heterocycles. The van der Waals surface area contributed by atoms with E-state index in [2.05, 4.69) is 37.8 Å². The molecule has 3 atom stereocenters. The quantitative estimate of drug-likeness (QED) is 0.865. The van der Waals surface area contributed by atoms with Crippen molar-refractivity contribution in [3.05, 3.63) is 34.4 Å². The maximum Gasteiger partial charge on any atom is 0.0587 e. The highest BCUT2D eigenvalue weighted by Gasteiger charge is 2.45. The number of aliphatic hydroxyl groups is 1. The number of fused-ring (bicyclic) bond motifs is 1. The summed E-state index contributed by atoms with van der Waals surface area (Å²) in [6.07, 6.45) is 0.993. The Labute approximate surface area is 110 Å². The van der Waals surface area contributed by atoms with Crippen LogP contribution in [0.3, 0.4) is 0 Å². The SMILES string of the molecule is Cc1cc(C)c(CN2C[C@H]3C[C@H](O)[C@H]3C2)c(C)c1. The van der Waals surface area contributed by atoms with Gasteiger partial charge in [-0.2, -0.15) is 0 Å². The van der Waals surface area contributed by atoms with Gasteiger partial charge in [-0.25, -0.2) is 0 Å². The first-order valence-electron chi connectivity index (χ1n) is 7.01. The van der Waals surface area contributed by atoms with Crippen LogP contribution in [0, 0.1) is 32.6 Å². The molecule has 1 heterocycles. The Balaban J connectivity index is 1.74. The molecule has 18 heavy (non-hydrogen) atoms. The van der Waals surface area contributed by atoms with Crippen molar-refractivity contribution in [2.24, 2.45) is 11.8 Å². The van der Waals surface area contributed by atoms with Crippen molar-refractivity contribution in [3.63, 3.8) is 0 Å². The van der Waals surface area contributed by atoms with E-state index in [-0.39, 0.29) is 6.10 Å². The lowest BCUT2D eigenvalue weighted by Crippen LogP contribution is -2.39. The second-order valence-electron chi connectivity index (χ2n) is 6.30. The van der Waals surface area contributed by atoms with Gasteiger partial charge in [0.05, 0.1) is 6.10 Å². The van der Waals surface area contributed by atoms with Crippen LogP contribution in [-0.2, 0) is 6.54 Å². The van der Waals surface area contributed by atoms with Gasteiger partial charge in [-0.1, -0.05) is 17.7 Å². The van der Waals surface area contributed by atoms with E-state index in [0.717, 1.165) is 25.4 Å². The summed E-state index contributed by atoms with van der Waals surface area (Å²) >= 11 is 0. The van der Waals surface area contributed by atoms with Crippen molar-refractivity contribution < 1.29 is 5.11 Å². The van der Waals surface area contributed by atoms with Crippen molar-refractivity contribution in [3.8, 4) is 0 Å². The minimum absolute atomic E-state index is 0.0276. The van der Waals surface area contributed by atoms with Crippen molar-refractivity contribution >= 4 is 0 Å². The predicted octanol–water partition coefficient (Wildman–Crippen LogP) is 2.42. The van der Waals surface area contributed by atoms with E-state index < -0.39 is 0 Å². The summed E-state index contributed by atoms with van der Waals surface area (Å²) in [6.45, 7) is 9.91. The third-order valence-corrected chi connectivity index (χ3v) is 4.83. The summed E-state index contributed by atoms with van der Waals surface area (Å²) in [4.78, 5) is 2.52. The second-order valence-corrected chi connectivity index (χ2v) is 6.30. The van der Waals surface area contributed by atoms with Gasteiger partial charge in [0.2, 0.25) is 0 Å². The van der Waals surface area contributed by atoms with E-state index in [0.29, 0.717) is 5.92 Å². The molecule has 0 amide bonds. The molecular weight excluding hydrogens is 222 g/mol. The lowest BCUT2D eigenvalue weighted by Gasteiger charge is -2.35. The van der Waals surface area contributed by atoms with E-state index >= 15 is 0 Å². The Kier molecular flexibility index (Phi) is 2.95. The zero-order valence-corrected chi connectivity index (χ0v) is 11.6. The second kappa shape index (κ2) is 4.36. The average Bonchev–Trinajstić information content (AvgIpc) is 2.60. The summed E-state index contributed by atoms with van der Waals surface area (Å²) < 4.78 is 0. The Hall–Kier alpha value is -0.860. The molecule has 1 aliphatic carbocycles. The molecular formula is C16H23NO. The molecule has 0 bridgehead atoms. The summed E-state index contributed by atoms with van der Waals surface area (Å²) in [5, 5.41) is 9.72. The first-order chi connectivity index (χ1) is 8.54. The van der Waals surface area contributed by atoms with Crippen LogP contribution in [0.2, 0.25) is 0 Å².